The molecule has 0 spiro atoms. The average molecular weight is 233 g/mol. The molecule has 0 aromatic carbocycles. The zero-order valence-corrected chi connectivity index (χ0v) is 10.4. The van der Waals surface area contributed by atoms with Crippen LogP contribution in [-0.4, -0.2) is 9.78 Å². The lowest BCUT2D eigenvalue weighted by atomic mass is 10.1. The van der Waals surface area contributed by atoms with Gasteiger partial charge in [-0.05, 0) is 18.6 Å². The van der Waals surface area contributed by atoms with Crippen LogP contribution in [0.2, 0.25) is 0 Å². The van der Waals surface area contributed by atoms with Crippen LogP contribution >= 0.6 is 0 Å². The molecule has 0 saturated carbocycles. The molecule has 1 unspecified atom stereocenters. The second-order valence-corrected chi connectivity index (χ2v) is 4.17. The van der Waals surface area contributed by atoms with Gasteiger partial charge in [0.25, 0.3) is 0 Å². The van der Waals surface area contributed by atoms with Crippen molar-refractivity contribution in [2.75, 3.05) is 0 Å². The van der Waals surface area contributed by atoms with Gasteiger partial charge in [-0.3, -0.25) is 4.68 Å². The van der Waals surface area contributed by atoms with Gasteiger partial charge in [0.1, 0.15) is 11.5 Å². The van der Waals surface area contributed by atoms with E-state index in [1.807, 2.05) is 29.2 Å². The van der Waals surface area contributed by atoms with Crippen LogP contribution in [-0.2, 0) is 13.0 Å². The van der Waals surface area contributed by atoms with E-state index >= 15 is 0 Å². The first kappa shape index (κ1) is 11.9. The summed E-state index contributed by atoms with van der Waals surface area (Å²) in [5.74, 6) is 1.77. The maximum absolute atomic E-state index is 6.15. The summed E-state index contributed by atoms with van der Waals surface area (Å²) < 4.78 is 7.57. The lowest BCUT2D eigenvalue weighted by molar-refractivity contribution is 0.453. The van der Waals surface area contributed by atoms with Gasteiger partial charge in [0.15, 0.2) is 0 Å². The number of rotatable bonds is 5. The molecule has 0 aliphatic carbocycles. The monoisotopic (exact) mass is 233 g/mol. The number of nitrogens with zero attached hydrogens (tertiary/aromatic N) is 2. The van der Waals surface area contributed by atoms with E-state index in [1.165, 1.54) is 0 Å². The fourth-order valence-electron chi connectivity index (χ4n) is 1.81. The summed E-state index contributed by atoms with van der Waals surface area (Å²) in [6.45, 7) is 5.11. The second-order valence-electron chi connectivity index (χ2n) is 4.17. The van der Waals surface area contributed by atoms with Crippen LogP contribution in [0.3, 0.4) is 0 Å². The number of hydrogen-bond donors (Lipinski definition) is 1. The van der Waals surface area contributed by atoms with Crippen molar-refractivity contribution >= 4 is 0 Å². The first-order chi connectivity index (χ1) is 8.24. The summed E-state index contributed by atoms with van der Waals surface area (Å²) in [6.07, 6.45) is 5.76. The van der Waals surface area contributed by atoms with E-state index in [-0.39, 0.29) is 6.04 Å². The molecule has 2 aromatic heterocycles. The van der Waals surface area contributed by atoms with Crippen LogP contribution in [0.25, 0.3) is 0 Å². The molecule has 0 aliphatic rings. The summed E-state index contributed by atoms with van der Waals surface area (Å²) in [7, 11) is 0. The number of aromatic nitrogens is 2. The molecule has 4 heteroatoms. The quantitative estimate of drug-likeness (QED) is 0.863. The fourth-order valence-corrected chi connectivity index (χ4v) is 1.81. The van der Waals surface area contributed by atoms with Crippen molar-refractivity contribution in [1.82, 2.24) is 9.78 Å². The third-order valence-electron chi connectivity index (χ3n) is 2.80. The normalized spacial score (nSPS) is 12.9. The Labute approximate surface area is 101 Å². The highest BCUT2D eigenvalue weighted by atomic mass is 16.3. The van der Waals surface area contributed by atoms with Gasteiger partial charge in [0, 0.05) is 24.7 Å². The van der Waals surface area contributed by atoms with Gasteiger partial charge in [-0.1, -0.05) is 13.8 Å². The highest BCUT2D eigenvalue weighted by Gasteiger charge is 2.14. The second kappa shape index (κ2) is 5.19. The lowest BCUT2D eigenvalue weighted by Gasteiger charge is -2.05. The highest BCUT2D eigenvalue weighted by molar-refractivity contribution is 5.22. The van der Waals surface area contributed by atoms with Gasteiger partial charge in [-0.15, -0.1) is 0 Å². The van der Waals surface area contributed by atoms with Crippen LogP contribution in [0.1, 0.15) is 43.4 Å². The maximum atomic E-state index is 6.15. The van der Waals surface area contributed by atoms with Crippen molar-refractivity contribution in [3.05, 3.63) is 41.6 Å². The SMILES string of the molecule is CCCn1cc(C(N)c2ccc(CC)o2)cn1. The van der Waals surface area contributed by atoms with Gasteiger partial charge in [-0.2, -0.15) is 5.10 Å². The molecular formula is C13H19N3O. The topological polar surface area (TPSA) is 57.0 Å². The van der Waals surface area contributed by atoms with Gasteiger partial charge in [0.05, 0.1) is 12.2 Å². The molecule has 2 N–H and O–H groups in total. The summed E-state index contributed by atoms with van der Waals surface area (Å²) in [4.78, 5) is 0. The first-order valence-electron chi connectivity index (χ1n) is 6.11. The molecule has 2 rings (SSSR count). The Morgan fingerprint density at radius 3 is 2.88 bits per heavy atom. The highest BCUT2D eigenvalue weighted by Crippen LogP contribution is 2.21. The van der Waals surface area contributed by atoms with Gasteiger partial charge >= 0.3 is 0 Å². The zero-order valence-electron chi connectivity index (χ0n) is 10.4. The Bertz CT molecular complexity index is 472. The number of nitrogens with two attached hydrogens (primary N) is 1. The molecule has 0 radical (unpaired) electrons. The summed E-state index contributed by atoms with van der Waals surface area (Å²) >= 11 is 0. The summed E-state index contributed by atoms with van der Waals surface area (Å²) in [6, 6.07) is 3.70. The van der Waals surface area contributed by atoms with Crippen LogP contribution in [0.15, 0.2) is 28.9 Å². The van der Waals surface area contributed by atoms with Crippen molar-refractivity contribution in [2.24, 2.45) is 5.73 Å². The molecule has 2 heterocycles. The number of aryl methyl sites for hydroxylation is 2. The fraction of sp³-hybridized carbons (Fsp3) is 0.462. The predicted molar refractivity (Wildman–Crippen MR) is 66.6 cm³/mol. The number of hydrogen-bond acceptors (Lipinski definition) is 3. The van der Waals surface area contributed by atoms with Gasteiger partial charge in [-0.25, -0.2) is 0 Å². The molecule has 4 nitrogen and oxygen atoms in total. The van der Waals surface area contributed by atoms with E-state index in [0.29, 0.717) is 0 Å². The molecule has 0 fully saturated rings. The third-order valence-corrected chi connectivity index (χ3v) is 2.80. The van der Waals surface area contributed by atoms with Gasteiger partial charge in [0.2, 0.25) is 0 Å². The molecule has 92 valence electrons. The predicted octanol–water partition coefficient (Wildman–Crippen LogP) is 2.50. The molecule has 0 aliphatic heterocycles. The van der Waals surface area contributed by atoms with E-state index in [1.54, 1.807) is 0 Å². The van der Waals surface area contributed by atoms with E-state index in [2.05, 4.69) is 18.9 Å². The van der Waals surface area contributed by atoms with E-state index in [0.717, 1.165) is 36.5 Å². The Balaban J connectivity index is 2.14. The molecule has 0 saturated heterocycles. The largest absolute Gasteiger partial charge is 0.464 e. The minimum absolute atomic E-state index is 0.221. The zero-order chi connectivity index (χ0) is 12.3. The van der Waals surface area contributed by atoms with Crippen molar-refractivity contribution in [1.29, 1.82) is 0 Å². The standard InChI is InChI=1S/C13H19N3O/c1-3-7-16-9-10(8-15-16)13(14)12-6-5-11(4-2)17-12/h5-6,8-9,13H,3-4,7,14H2,1-2H3. The van der Waals surface area contributed by atoms with Crippen LogP contribution in [0.4, 0.5) is 0 Å². The molecule has 17 heavy (non-hydrogen) atoms. The molecule has 0 bridgehead atoms. The van der Waals surface area contributed by atoms with Crippen LogP contribution < -0.4 is 5.73 Å². The van der Waals surface area contributed by atoms with Crippen LogP contribution in [0.5, 0.6) is 0 Å². The summed E-state index contributed by atoms with van der Waals surface area (Å²) in [5, 5.41) is 4.27. The van der Waals surface area contributed by atoms with Gasteiger partial charge < -0.3 is 10.2 Å². The van der Waals surface area contributed by atoms with Crippen molar-refractivity contribution in [3.63, 3.8) is 0 Å². The van der Waals surface area contributed by atoms with Crippen LogP contribution in [0, 0.1) is 0 Å². The Morgan fingerprint density at radius 1 is 1.41 bits per heavy atom. The lowest BCUT2D eigenvalue weighted by Crippen LogP contribution is -2.10. The summed E-state index contributed by atoms with van der Waals surface area (Å²) in [5.41, 5.74) is 7.14. The maximum Gasteiger partial charge on any atom is 0.125 e. The minimum atomic E-state index is -0.221. The van der Waals surface area contributed by atoms with E-state index in [4.69, 9.17) is 10.2 Å². The molecule has 2 aromatic rings. The Kier molecular flexibility index (Phi) is 3.64. The van der Waals surface area contributed by atoms with Crippen molar-refractivity contribution < 1.29 is 4.42 Å². The van der Waals surface area contributed by atoms with E-state index in [9.17, 15) is 0 Å². The molecule has 0 amide bonds. The minimum Gasteiger partial charge on any atom is -0.464 e. The van der Waals surface area contributed by atoms with Crippen molar-refractivity contribution in [2.45, 2.75) is 39.3 Å². The Morgan fingerprint density at radius 2 is 2.24 bits per heavy atom. The average Bonchev–Trinajstić information content (AvgIpc) is 2.97. The smallest absolute Gasteiger partial charge is 0.125 e. The van der Waals surface area contributed by atoms with Crippen molar-refractivity contribution in [3.8, 4) is 0 Å². The molecule has 1 atom stereocenters. The Hall–Kier alpha value is -1.55. The third kappa shape index (κ3) is 2.58. The number of furan rings is 1. The molecular weight excluding hydrogens is 214 g/mol. The van der Waals surface area contributed by atoms with E-state index < -0.39 is 0 Å². The first-order valence-corrected chi connectivity index (χ1v) is 6.11.